The second kappa shape index (κ2) is 11.4. The molecule has 8 nitrogen and oxygen atoms in total. The summed E-state index contributed by atoms with van der Waals surface area (Å²) in [5.74, 6) is 3.55. The van der Waals surface area contributed by atoms with E-state index in [0.717, 1.165) is 20.9 Å². The average Bonchev–Trinajstić information content (AvgIpc) is 2.79. The molecule has 0 bridgehead atoms. The molecule has 0 saturated carbocycles. The number of aromatic amines is 1. The summed E-state index contributed by atoms with van der Waals surface area (Å²) in [5.41, 5.74) is 2.97. The van der Waals surface area contributed by atoms with Gasteiger partial charge in [0, 0.05) is 12.6 Å². The number of nitrogens with zero attached hydrogens (tertiary/aromatic N) is 1. The summed E-state index contributed by atoms with van der Waals surface area (Å²) >= 11 is 0. The average molecular weight is 423 g/mol. The standard InChI is InChI=1S/C7H10F3NO2.C6H7F3N2O.CH6N2/c1-3-13-6(12)4(2)5(11)7(8,9)10;1-3-4(6(7,8)9)11(2)10-5(3)12;1-3-2/h3,11H2,1-2H3;1-2H3,(H,10,12);3H,2H2,1H3/b5-4-;;. The van der Waals surface area contributed by atoms with Gasteiger partial charge < -0.3 is 10.5 Å². The third-order valence-electron chi connectivity index (χ3n) is 2.86. The Morgan fingerprint density at radius 3 is 1.89 bits per heavy atom. The maximum absolute atomic E-state index is 12.1. The van der Waals surface area contributed by atoms with Gasteiger partial charge in [-0.15, -0.1) is 0 Å². The van der Waals surface area contributed by atoms with Gasteiger partial charge in [-0.1, -0.05) is 0 Å². The number of aryl methyl sites for hydroxylation is 1. The van der Waals surface area contributed by atoms with Crippen molar-refractivity contribution < 1.29 is 35.9 Å². The van der Waals surface area contributed by atoms with E-state index in [1.165, 1.54) is 6.92 Å². The number of ether oxygens (including phenoxy) is 1. The molecule has 1 aromatic heterocycles. The highest BCUT2D eigenvalue weighted by Gasteiger charge is 2.37. The predicted molar refractivity (Wildman–Crippen MR) is 88.6 cm³/mol. The lowest BCUT2D eigenvalue weighted by atomic mass is 10.2. The summed E-state index contributed by atoms with van der Waals surface area (Å²) in [6.45, 7) is 3.62. The third kappa shape index (κ3) is 8.94. The van der Waals surface area contributed by atoms with Crippen molar-refractivity contribution in [2.24, 2.45) is 18.6 Å². The molecule has 1 heterocycles. The second-order valence-electron chi connectivity index (χ2n) is 5.02. The SMILES string of the molecule is CCOC(=O)/C(C)=C(\N)C(F)(F)F.CNN.Cc1c(C(F)(F)F)n(C)[nH]c1=O. The van der Waals surface area contributed by atoms with Crippen LogP contribution in [0.5, 0.6) is 0 Å². The molecule has 0 radical (unpaired) electrons. The van der Waals surface area contributed by atoms with E-state index in [1.54, 1.807) is 7.05 Å². The maximum Gasteiger partial charge on any atom is 0.433 e. The van der Waals surface area contributed by atoms with Gasteiger partial charge in [-0.3, -0.25) is 25.8 Å². The van der Waals surface area contributed by atoms with E-state index < -0.39 is 40.8 Å². The van der Waals surface area contributed by atoms with Crippen LogP contribution in [0.4, 0.5) is 26.3 Å². The zero-order chi connectivity index (χ0) is 22.9. The fraction of sp³-hybridized carbons (Fsp3) is 0.571. The first kappa shape index (κ1) is 27.7. The highest BCUT2D eigenvalue weighted by atomic mass is 19.4. The highest BCUT2D eigenvalue weighted by molar-refractivity contribution is 5.88. The first-order valence-corrected chi connectivity index (χ1v) is 7.46. The van der Waals surface area contributed by atoms with E-state index >= 15 is 0 Å². The van der Waals surface area contributed by atoms with Crippen LogP contribution in [-0.2, 0) is 22.8 Å². The van der Waals surface area contributed by atoms with Gasteiger partial charge in [-0.25, -0.2) is 4.79 Å². The summed E-state index contributed by atoms with van der Waals surface area (Å²) < 4.78 is 77.2. The minimum absolute atomic E-state index is 0.0152. The Balaban J connectivity index is 0. The molecule has 1 aromatic rings. The molecule has 14 heteroatoms. The van der Waals surface area contributed by atoms with E-state index in [9.17, 15) is 35.9 Å². The van der Waals surface area contributed by atoms with Crippen LogP contribution in [-0.4, -0.2) is 35.6 Å². The van der Waals surface area contributed by atoms with Crippen molar-refractivity contribution >= 4 is 5.97 Å². The van der Waals surface area contributed by atoms with Gasteiger partial charge in [0.15, 0.2) is 0 Å². The lowest BCUT2D eigenvalue weighted by molar-refractivity contribution is -0.144. The number of rotatable bonds is 2. The normalized spacial score (nSPS) is 12.1. The topological polar surface area (TPSA) is 128 Å². The van der Waals surface area contributed by atoms with Crippen molar-refractivity contribution in [1.82, 2.24) is 15.2 Å². The van der Waals surface area contributed by atoms with Crippen LogP contribution >= 0.6 is 0 Å². The first-order chi connectivity index (χ1) is 12.6. The molecule has 164 valence electrons. The van der Waals surface area contributed by atoms with Crippen LogP contribution < -0.4 is 22.6 Å². The number of alkyl halides is 6. The molecule has 6 N–H and O–H groups in total. The Hall–Kier alpha value is -2.48. The number of nitrogens with two attached hydrogens (primary N) is 2. The summed E-state index contributed by atoms with van der Waals surface area (Å²) in [5, 5.41) is 2.02. The molecule has 0 aliphatic heterocycles. The summed E-state index contributed by atoms with van der Waals surface area (Å²) in [6, 6.07) is 0. The number of esters is 1. The molecular formula is C14H23F6N5O3. The smallest absolute Gasteiger partial charge is 0.433 e. The van der Waals surface area contributed by atoms with Gasteiger partial charge in [0.1, 0.15) is 11.4 Å². The lowest BCUT2D eigenvalue weighted by Gasteiger charge is -2.09. The van der Waals surface area contributed by atoms with Gasteiger partial charge in [-0.2, -0.15) is 26.3 Å². The highest BCUT2D eigenvalue weighted by Crippen LogP contribution is 2.29. The Morgan fingerprint density at radius 1 is 1.25 bits per heavy atom. The summed E-state index contributed by atoms with van der Waals surface area (Å²) in [4.78, 5) is 21.5. The van der Waals surface area contributed by atoms with Gasteiger partial charge in [0.2, 0.25) is 0 Å². The van der Waals surface area contributed by atoms with E-state index in [4.69, 9.17) is 0 Å². The number of aromatic nitrogens is 2. The molecule has 0 aromatic carbocycles. The zero-order valence-electron chi connectivity index (χ0n) is 15.8. The number of halogens is 6. The van der Waals surface area contributed by atoms with Crippen LogP contribution in [0.2, 0.25) is 0 Å². The number of carbonyl (C=O) groups is 1. The van der Waals surface area contributed by atoms with Gasteiger partial charge in [-0.05, 0) is 27.8 Å². The third-order valence-corrected chi connectivity index (χ3v) is 2.86. The van der Waals surface area contributed by atoms with E-state index in [0.29, 0.717) is 4.68 Å². The van der Waals surface area contributed by atoms with Crippen LogP contribution in [0.1, 0.15) is 25.1 Å². The number of hydrogen-bond acceptors (Lipinski definition) is 6. The van der Waals surface area contributed by atoms with Crippen molar-refractivity contribution in [2.75, 3.05) is 13.7 Å². The Labute approximate surface area is 156 Å². The van der Waals surface area contributed by atoms with Crippen LogP contribution in [0.3, 0.4) is 0 Å². The second-order valence-corrected chi connectivity index (χ2v) is 5.02. The minimum atomic E-state index is -4.68. The molecule has 0 amide bonds. The quantitative estimate of drug-likeness (QED) is 0.188. The number of H-pyrrole nitrogens is 1. The van der Waals surface area contributed by atoms with Crippen molar-refractivity contribution in [3.63, 3.8) is 0 Å². The number of nitrogens with one attached hydrogen (secondary N) is 2. The lowest BCUT2D eigenvalue weighted by Crippen LogP contribution is -2.24. The minimum Gasteiger partial charge on any atom is -0.463 e. The Kier molecular flexibility index (Phi) is 11.3. The molecule has 0 aliphatic rings. The van der Waals surface area contributed by atoms with E-state index in [1.807, 2.05) is 5.10 Å². The van der Waals surface area contributed by atoms with Crippen LogP contribution in [0, 0.1) is 6.92 Å². The first-order valence-electron chi connectivity index (χ1n) is 7.46. The molecule has 0 spiro atoms. The Bertz CT molecular complexity index is 719. The molecular weight excluding hydrogens is 400 g/mol. The van der Waals surface area contributed by atoms with E-state index in [2.05, 4.69) is 21.7 Å². The largest absolute Gasteiger partial charge is 0.463 e. The predicted octanol–water partition coefficient (Wildman–Crippen LogP) is 1.46. The van der Waals surface area contributed by atoms with Crippen molar-refractivity contribution in [3.8, 4) is 0 Å². The van der Waals surface area contributed by atoms with Crippen molar-refractivity contribution in [2.45, 2.75) is 33.1 Å². The monoisotopic (exact) mass is 423 g/mol. The van der Waals surface area contributed by atoms with Gasteiger partial charge >= 0.3 is 18.3 Å². The van der Waals surface area contributed by atoms with Crippen molar-refractivity contribution in [3.05, 3.63) is 32.9 Å². The fourth-order valence-corrected chi connectivity index (χ4v) is 1.62. The van der Waals surface area contributed by atoms with E-state index in [-0.39, 0.29) is 12.2 Å². The molecule has 0 unspecified atom stereocenters. The molecule has 0 saturated heterocycles. The summed E-state index contributed by atoms with van der Waals surface area (Å²) in [6.07, 6.45) is -9.16. The molecule has 28 heavy (non-hydrogen) atoms. The Morgan fingerprint density at radius 2 is 1.68 bits per heavy atom. The molecule has 0 aliphatic carbocycles. The van der Waals surface area contributed by atoms with Crippen LogP contribution in [0.15, 0.2) is 16.1 Å². The van der Waals surface area contributed by atoms with Crippen LogP contribution in [0.25, 0.3) is 0 Å². The zero-order valence-corrected chi connectivity index (χ0v) is 15.8. The molecule has 0 fully saturated rings. The van der Waals surface area contributed by atoms with Crippen molar-refractivity contribution in [1.29, 1.82) is 0 Å². The number of hydrogen-bond donors (Lipinski definition) is 4. The number of hydrazine groups is 1. The molecule has 1 rings (SSSR count). The fourth-order valence-electron chi connectivity index (χ4n) is 1.62. The number of carbonyl (C=O) groups excluding carboxylic acids is 1. The number of allylic oxidation sites excluding steroid dienone is 1. The van der Waals surface area contributed by atoms with Gasteiger partial charge in [0.05, 0.1) is 12.2 Å². The summed E-state index contributed by atoms with van der Waals surface area (Å²) in [7, 11) is 2.80. The molecule has 0 atom stereocenters. The van der Waals surface area contributed by atoms with Gasteiger partial charge in [0.25, 0.3) is 5.56 Å². The maximum atomic E-state index is 12.1.